The van der Waals surface area contributed by atoms with Gasteiger partial charge in [0.25, 0.3) is 15.9 Å². The molecule has 0 radical (unpaired) electrons. The molecule has 2 aromatic carbocycles. The lowest BCUT2D eigenvalue weighted by molar-refractivity contribution is -0.162. The van der Waals surface area contributed by atoms with Gasteiger partial charge in [0, 0.05) is 36.3 Å². The minimum atomic E-state index is -4.08. The van der Waals surface area contributed by atoms with Crippen LogP contribution < -0.4 is 0 Å². The topological polar surface area (TPSA) is 68.6 Å². The van der Waals surface area contributed by atoms with Crippen molar-refractivity contribution < 1.29 is 26.8 Å². The molecule has 0 aliphatic rings. The van der Waals surface area contributed by atoms with Gasteiger partial charge in [-0.1, -0.05) is 17.7 Å². The number of likely N-dealkylation sites (N-methyl/N-ethyl adjacent to an activating group) is 1. The van der Waals surface area contributed by atoms with Crippen molar-refractivity contribution in [2.45, 2.75) is 11.8 Å². The van der Waals surface area contributed by atoms with Gasteiger partial charge in [-0.05, 0) is 31.2 Å². The molecule has 3 rings (SSSR count). The molecule has 1 aromatic heterocycles. The average Bonchev–Trinajstić information content (AvgIpc) is 3.04. The van der Waals surface area contributed by atoms with Gasteiger partial charge >= 0.3 is 0 Å². The van der Waals surface area contributed by atoms with Crippen LogP contribution >= 0.6 is 0 Å². The fourth-order valence-corrected chi connectivity index (χ4v) is 4.10. The number of hydrogen-bond acceptors (Lipinski definition) is 4. The zero-order chi connectivity index (χ0) is 21.3. The third-order valence-corrected chi connectivity index (χ3v) is 6.10. The second-order valence-electron chi connectivity index (χ2n) is 6.33. The first kappa shape index (κ1) is 20.7. The van der Waals surface area contributed by atoms with Crippen LogP contribution in [0.1, 0.15) is 11.1 Å². The van der Waals surface area contributed by atoms with Gasteiger partial charge in [-0.25, -0.2) is 26.2 Å². The summed E-state index contributed by atoms with van der Waals surface area (Å²) in [5.74, 6) is -2.82. The van der Waals surface area contributed by atoms with E-state index in [1.54, 1.807) is 12.1 Å². The van der Waals surface area contributed by atoms with Crippen molar-refractivity contribution in [3.05, 3.63) is 71.4 Å². The first-order chi connectivity index (χ1) is 13.6. The number of carbonyl (C=O) groups is 1. The maximum Gasteiger partial charge on any atom is 0.269 e. The van der Waals surface area contributed by atoms with E-state index in [9.17, 15) is 22.0 Å². The Kier molecular flexibility index (Phi) is 5.54. The Morgan fingerprint density at radius 3 is 2.38 bits per heavy atom. The van der Waals surface area contributed by atoms with Crippen LogP contribution in [-0.2, 0) is 19.7 Å². The molecule has 0 unspecified atom stereocenters. The Labute approximate surface area is 166 Å². The Bertz CT molecular complexity index is 1220. The van der Waals surface area contributed by atoms with Gasteiger partial charge in [0.2, 0.25) is 0 Å². The Morgan fingerprint density at radius 1 is 1.14 bits per heavy atom. The summed E-state index contributed by atoms with van der Waals surface area (Å²) in [6.07, 6.45) is 3.68. The summed E-state index contributed by atoms with van der Waals surface area (Å²) in [5.41, 5.74) is 1.06. The lowest BCUT2D eigenvalue weighted by atomic mass is 10.1. The first-order valence-electron chi connectivity index (χ1n) is 8.47. The standard InChI is InChI=1S/C20H18F2N2O4S/c1-13-4-7-15(8-5-13)29(26,27)24-12-14(6-9-20(25)23(2)28-3)16-10-17(21)18(22)11-19(16)24/h4-12H,1-3H3. The fourth-order valence-electron chi connectivity index (χ4n) is 2.73. The number of benzene rings is 2. The molecule has 0 aliphatic carbocycles. The second-order valence-corrected chi connectivity index (χ2v) is 8.15. The highest BCUT2D eigenvalue weighted by molar-refractivity contribution is 7.90. The van der Waals surface area contributed by atoms with E-state index in [1.807, 2.05) is 6.92 Å². The number of amides is 1. The van der Waals surface area contributed by atoms with Crippen molar-refractivity contribution in [3.63, 3.8) is 0 Å². The molecule has 1 amide bonds. The van der Waals surface area contributed by atoms with Crippen LogP contribution in [0.2, 0.25) is 0 Å². The number of fused-ring (bicyclic) bond motifs is 1. The van der Waals surface area contributed by atoms with E-state index in [-0.39, 0.29) is 21.4 Å². The first-order valence-corrected chi connectivity index (χ1v) is 9.91. The predicted octanol–water partition coefficient (Wildman–Crippen LogP) is 3.50. The quantitative estimate of drug-likeness (QED) is 0.468. The molecular formula is C20H18F2N2O4S. The highest BCUT2D eigenvalue weighted by Gasteiger charge is 2.22. The van der Waals surface area contributed by atoms with Crippen LogP contribution in [0.4, 0.5) is 8.78 Å². The molecule has 0 atom stereocenters. The predicted molar refractivity (Wildman–Crippen MR) is 104 cm³/mol. The van der Waals surface area contributed by atoms with Gasteiger partial charge in [-0.15, -0.1) is 0 Å². The number of nitrogens with zero attached hydrogens (tertiary/aromatic N) is 2. The van der Waals surface area contributed by atoms with Crippen molar-refractivity contribution in [3.8, 4) is 0 Å². The fraction of sp³-hybridized carbons (Fsp3) is 0.150. The molecule has 6 nitrogen and oxygen atoms in total. The molecule has 3 aromatic rings. The van der Waals surface area contributed by atoms with E-state index >= 15 is 0 Å². The molecule has 1 heterocycles. The number of hydroxylamine groups is 2. The second kappa shape index (κ2) is 7.76. The van der Waals surface area contributed by atoms with Crippen LogP contribution in [-0.4, -0.2) is 37.5 Å². The minimum Gasteiger partial charge on any atom is -0.274 e. The van der Waals surface area contributed by atoms with Gasteiger partial charge in [0.1, 0.15) is 0 Å². The number of halogens is 2. The van der Waals surface area contributed by atoms with Gasteiger partial charge in [-0.3, -0.25) is 9.63 Å². The summed E-state index contributed by atoms with van der Waals surface area (Å²) in [6, 6.07) is 7.86. The normalized spacial score (nSPS) is 12.0. The Morgan fingerprint density at radius 2 is 1.76 bits per heavy atom. The lowest BCUT2D eigenvalue weighted by Gasteiger charge is -2.09. The minimum absolute atomic E-state index is 0.00421. The van der Waals surface area contributed by atoms with Crippen molar-refractivity contribution in [1.82, 2.24) is 9.04 Å². The lowest BCUT2D eigenvalue weighted by Crippen LogP contribution is -2.22. The molecule has 152 valence electrons. The molecule has 0 bridgehead atoms. The van der Waals surface area contributed by atoms with E-state index in [2.05, 4.69) is 0 Å². The van der Waals surface area contributed by atoms with Crippen LogP contribution in [0.25, 0.3) is 17.0 Å². The molecule has 0 saturated carbocycles. The SMILES string of the molecule is CON(C)C(=O)C=Cc1cn(S(=O)(=O)c2ccc(C)cc2)c2cc(F)c(F)cc12. The number of rotatable bonds is 5. The zero-order valence-electron chi connectivity index (χ0n) is 15.9. The van der Waals surface area contributed by atoms with Crippen molar-refractivity contribution >= 4 is 32.9 Å². The van der Waals surface area contributed by atoms with E-state index in [0.717, 1.165) is 32.8 Å². The van der Waals surface area contributed by atoms with Gasteiger partial charge < -0.3 is 0 Å². The number of aromatic nitrogens is 1. The third-order valence-electron chi connectivity index (χ3n) is 4.41. The van der Waals surface area contributed by atoms with E-state index < -0.39 is 27.6 Å². The molecule has 0 aliphatic heterocycles. The maximum atomic E-state index is 13.9. The monoisotopic (exact) mass is 420 g/mol. The van der Waals surface area contributed by atoms with E-state index in [4.69, 9.17) is 4.84 Å². The summed E-state index contributed by atoms with van der Waals surface area (Å²) in [4.78, 5) is 16.7. The number of aryl methyl sites for hydroxylation is 1. The molecule has 9 heteroatoms. The number of hydrogen-bond donors (Lipinski definition) is 0. The van der Waals surface area contributed by atoms with Gasteiger partial charge in [-0.2, -0.15) is 0 Å². The van der Waals surface area contributed by atoms with Crippen molar-refractivity contribution in [1.29, 1.82) is 0 Å². The molecular weight excluding hydrogens is 402 g/mol. The molecule has 0 fully saturated rings. The summed E-state index contributed by atoms with van der Waals surface area (Å²) in [5, 5.41) is 1.10. The van der Waals surface area contributed by atoms with Crippen LogP contribution in [0.5, 0.6) is 0 Å². The van der Waals surface area contributed by atoms with Gasteiger partial charge in [0.15, 0.2) is 11.6 Å². The Balaban J connectivity index is 2.20. The number of carbonyl (C=O) groups excluding carboxylic acids is 1. The van der Waals surface area contributed by atoms with E-state index in [0.29, 0.717) is 0 Å². The molecule has 29 heavy (non-hydrogen) atoms. The molecule has 0 saturated heterocycles. The van der Waals surface area contributed by atoms with Gasteiger partial charge in [0.05, 0.1) is 17.5 Å². The smallest absolute Gasteiger partial charge is 0.269 e. The summed E-state index contributed by atoms with van der Waals surface area (Å²) >= 11 is 0. The Hall–Kier alpha value is -3.04. The summed E-state index contributed by atoms with van der Waals surface area (Å²) < 4.78 is 54.8. The highest BCUT2D eigenvalue weighted by Crippen LogP contribution is 2.29. The maximum absolute atomic E-state index is 13.9. The van der Waals surface area contributed by atoms with Crippen molar-refractivity contribution in [2.24, 2.45) is 0 Å². The summed E-state index contributed by atoms with van der Waals surface area (Å²) in [6.45, 7) is 1.82. The third kappa shape index (κ3) is 3.92. The van der Waals surface area contributed by atoms with Crippen LogP contribution in [0, 0.1) is 18.6 Å². The molecule has 0 spiro atoms. The van der Waals surface area contributed by atoms with Crippen LogP contribution in [0.3, 0.4) is 0 Å². The zero-order valence-corrected chi connectivity index (χ0v) is 16.7. The average molecular weight is 420 g/mol. The van der Waals surface area contributed by atoms with Crippen LogP contribution in [0.15, 0.2) is 53.6 Å². The summed E-state index contributed by atoms with van der Waals surface area (Å²) in [7, 11) is -1.37. The highest BCUT2D eigenvalue weighted by atomic mass is 32.2. The van der Waals surface area contributed by atoms with Crippen molar-refractivity contribution in [2.75, 3.05) is 14.2 Å². The largest absolute Gasteiger partial charge is 0.274 e. The molecule has 0 N–H and O–H groups in total. The van der Waals surface area contributed by atoms with E-state index in [1.165, 1.54) is 38.6 Å².